The van der Waals surface area contributed by atoms with Gasteiger partial charge in [0.2, 0.25) is 17.7 Å². The minimum absolute atomic E-state index is 0.0459. The molecule has 27 heavy (non-hydrogen) atoms. The van der Waals surface area contributed by atoms with E-state index in [1.54, 1.807) is 6.92 Å². The van der Waals surface area contributed by atoms with Gasteiger partial charge >= 0.3 is 5.97 Å². The van der Waals surface area contributed by atoms with Crippen LogP contribution < -0.4 is 16.0 Å². The van der Waals surface area contributed by atoms with Gasteiger partial charge < -0.3 is 21.1 Å². The first kappa shape index (κ1) is 20.9. The summed E-state index contributed by atoms with van der Waals surface area (Å²) in [4.78, 5) is 54.7. The van der Waals surface area contributed by atoms with Crippen molar-refractivity contribution in [3.8, 4) is 0 Å². The van der Waals surface area contributed by atoms with Gasteiger partial charge in [-0.05, 0) is 45.4 Å². The number of amides is 3. The maximum atomic E-state index is 11.9. The van der Waals surface area contributed by atoms with Crippen LogP contribution in [-0.4, -0.2) is 52.7 Å². The van der Waals surface area contributed by atoms with Crippen LogP contribution in [0.25, 0.3) is 0 Å². The second kappa shape index (κ2) is 9.48. The van der Waals surface area contributed by atoms with Crippen molar-refractivity contribution in [3.63, 3.8) is 0 Å². The molecule has 0 bridgehead atoms. The highest BCUT2D eigenvalue weighted by Crippen LogP contribution is 2.25. The van der Waals surface area contributed by atoms with Crippen molar-refractivity contribution in [3.05, 3.63) is 0 Å². The van der Waals surface area contributed by atoms with Gasteiger partial charge in [0.1, 0.15) is 17.9 Å². The Morgan fingerprint density at radius 2 is 1.41 bits per heavy atom. The SMILES string of the molecule is CC(=O)C1CCC(NC(=O)C2CCC(=O)N2)CC1.O=C1CCC(C(=O)O)N1. The normalized spacial score (nSPS) is 29.8. The summed E-state index contributed by atoms with van der Waals surface area (Å²) >= 11 is 0. The third-order valence-corrected chi connectivity index (χ3v) is 5.25. The molecule has 150 valence electrons. The molecule has 2 saturated heterocycles. The van der Waals surface area contributed by atoms with E-state index in [0.29, 0.717) is 25.7 Å². The fourth-order valence-corrected chi connectivity index (χ4v) is 3.56. The molecule has 2 atom stereocenters. The van der Waals surface area contributed by atoms with Crippen LogP contribution in [0, 0.1) is 5.92 Å². The van der Waals surface area contributed by atoms with Gasteiger partial charge in [-0.3, -0.25) is 19.2 Å². The monoisotopic (exact) mass is 381 g/mol. The summed E-state index contributed by atoms with van der Waals surface area (Å²) in [5.74, 6) is -0.807. The average molecular weight is 381 g/mol. The largest absolute Gasteiger partial charge is 0.480 e. The summed E-state index contributed by atoms with van der Waals surface area (Å²) < 4.78 is 0. The molecule has 3 amide bonds. The first-order chi connectivity index (χ1) is 12.8. The number of rotatable bonds is 4. The number of carbonyl (C=O) groups is 5. The molecule has 4 N–H and O–H groups in total. The molecule has 3 aliphatic rings. The molecule has 9 nitrogen and oxygen atoms in total. The Morgan fingerprint density at radius 1 is 0.889 bits per heavy atom. The van der Waals surface area contributed by atoms with Crippen LogP contribution in [0.1, 0.15) is 58.3 Å². The molecular weight excluding hydrogens is 354 g/mol. The Kier molecular flexibility index (Phi) is 7.32. The second-order valence-electron chi connectivity index (χ2n) is 7.32. The van der Waals surface area contributed by atoms with Crippen LogP contribution >= 0.6 is 0 Å². The van der Waals surface area contributed by atoms with E-state index in [1.165, 1.54) is 0 Å². The molecule has 2 unspecified atom stereocenters. The average Bonchev–Trinajstić information content (AvgIpc) is 3.24. The quantitative estimate of drug-likeness (QED) is 0.535. The summed E-state index contributed by atoms with van der Waals surface area (Å²) in [7, 11) is 0. The van der Waals surface area contributed by atoms with E-state index in [9.17, 15) is 24.0 Å². The van der Waals surface area contributed by atoms with E-state index in [4.69, 9.17) is 5.11 Å². The smallest absolute Gasteiger partial charge is 0.326 e. The lowest BCUT2D eigenvalue weighted by Crippen LogP contribution is -2.47. The van der Waals surface area contributed by atoms with Crippen LogP contribution in [0.15, 0.2) is 0 Å². The van der Waals surface area contributed by atoms with E-state index in [2.05, 4.69) is 16.0 Å². The van der Waals surface area contributed by atoms with Crippen LogP contribution in [0.3, 0.4) is 0 Å². The summed E-state index contributed by atoms with van der Waals surface area (Å²) in [6, 6.07) is -0.842. The number of hydrogen-bond acceptors (Lipinski definition) is 5. The number of ketones is 1. The number of nitrogens with one attached hydrogen (secondary N) is 3. The molecule has 0 aromatic rings. The maximum Gasteiger partial charge on any atom is 0.326 e. The Balaban J connectivity index is 0.000000244. The number of carboxylic acids is 1. The summed E-state index contributed by atoms with van der Waals surface area (Å²) in [5.41, 5.74) is 0. The Hall–Kier alpha value is -2.45. The highest BCUT2D eigenvalue weighted by molar-refractivity contribution is 5.91. The highest BCUT2D eigenvalue weighted by atomic mass is 16.4. The van der Waals surface area contributed by atoms with Crippen LogP contribution in [-0.2, 0) is 24.0 Å². The molecule has 1 saturated carbocycles. The minimum Gasteiger partial charge on any atom is -0.480 e. The number of Topliss-reactive ketones (excluding diaryl/α,β-unsaturated/α-hetero) is 1. The summed E-state index contributed by atoms with van der Waals surface area (Å²) in [5, 5.41) is 16.3. The lowest BCUT2D eigenvalue weighted by Gasteiger charge is -2.28. The number of hydrogen-bond donors (Lipinski definition) is 4. The Labute approximate surface area is 157 Å². The first-order valence-electron chi connectivity index (χ1n) is 9.38. The molecular formula is C18H27N3O6. The number of aliphatic carboxylic acids is 1. The Morgan fingerprint density at radius 3 is 1.78 bits per heavy atom. The molecule has 2 heterocycles. The highest BCUT2D eigenvalue weighted by Gasteiger charge is 2.30. The van der Waals surface area contributed by atoms with Gasteiger partial charge in [-0.25, -0.2) is 4.79 Å². The van der Waals surface area contributed by atoms with E-state index in [-0.39, 0.29) is 41.5 Å². The maximum absolute atomic E-state index is 11.9. The van der Waals surface area contributed by atoms with Crippen molar-refractivity contribution in [2.24, 2.45) is 5.92 Å². The minimum atomic E-state index is -0.944. The molecule has 0 aromatic carbocycles. The van der Waals surface area contributed by atoms with Gasteiger partial charge in [0.05, 0.1) is 0 Å². The van der Waals surface area contributed by atoms with Crippen molar-refractivity contribution < 1.29 is 29.1 Å². The van der Waals surface area contributed by atoms with Crippen LogP contribution in [0.2, 0.25) is 0 Å². The number of carbonyl (C=O) groups excluding carboxylic acids is 4. The number of carboxylic acid groups (broad SMARTS) is 1. The predicted molar refractivity (Wildman–Crippen MR) is 94.5 cm³/mol. The molecule has 3 rings (SSSR count). The van der Waals surface area contributed by atoms with Crippen molar-refractivity contribution >= 4 is 29.5 Å². The van der Waals surface area contributed by atoms with Crippen molar-refractivity contribution in [1.82, 2.24) is 16.0 Å². The molecule has 0 radical (unpaired) electrons. The van der Waals surface area contributed by atoms with Gasteiger partial charge in [0.15, 0.2) is 0 Å². The van der Waals surface area contributed by atoms with E-state index < -0.39 is 12.0 Å². The third kappa shape index (κ3) is 6.33. The van der Waals surface area contributed by atoms with Gasteiger partial charge in [-0.1, -0.05) is 0 Å². The van der Waals surface area contributed by atoms with Gasteiger partial charge in [0.25, 0.3) is 0 Å². The molecule has 1 aliphatic carbocycles. The van der Waals surface area contributed by atoms with Gasteiger partial charge in [-0.15, -0.1) is 0 Å². The zero-order valence-electron chi connectivity index (χ0n) is 15.5. The van der Waals surface area contributed by atoms with E-state index in [1.807, 2.05) is 0 Å². The zero-order valence-corrected chi connectivity index (χ0v) is 15.5. The van der Waals surface area contributed by atoms with Gasteiger partial charge in [-0.2, -0.15) is 0 Å². The second-order valence-corrected chi connectivity index (χ2v) is 7.32. The van der Waals surface area contributed by atoms with E-state index in [0.717, 1.165) is 25.7 Å². The fraction of sp³-hybridized carbons (Fsp3) is 0.722. The molecule has 2 aliphatic heterocycles. The predicted octanol–water partition coefficient (Wildman–Crippen LogP) is -0.121. The topological polar surface area (TPSA) is 142 Å². The standard InChI is InChI=1S/C13H20N2O3.C5H7NO3/c1-8(16)9-2-4-10(5-3-9)14-13(18)11-6-7-12(17)15-11;7-4-2-1-3(6-4)5(8)9/h9-11H,2-7H2,1H3,(H,14,18)(H,15,17);3H,1-2H2,(H,6,7)(H,8,9). The van der Waals surface area contributed by atoms with Crippen LogP contribution in [0.5, 0.6) is 0 Å². The Bertz CT molecular complexity index is 612. The summed E-state index contributed by atoms with van der Waals surface area (Å²) in [6.45, 7) is 1.64. The van der Waals surface area contributed by atoms with Crippen LogP contribution in [0.4, 0.5) is 0 Å². The summed E-state index contributed by atoms with van der Waals surface area (Å²) in [6.07, 6.45) is 5.23. The van der Waals surface area contributed by atoms with Crippen molar-refractivity contribution in [2.45, 2.75) is 76.4 Å². The lowest BCUT2D eigenvalue weighted by molar-refractivity contribution is -0.140. The fourth-order valence-electron chi connectivity index (χ4n) is 3.56. The van der Waals surface area contributed by atoms with Gasteiger partial charge in [0, 0.05) is 24.8 Å². The lowest BCUT2D eigenvalue weighted by atomic mass is 9.84. The van der Waals surface area contributed by atoms with Crippen molar-refractivity contribution in [1.29, 1.82) is 0 Å². The first-order valence-corrected chi connectivity index (χ1v) is 9.38. The molecule has 3 fully saturated rings. The van der Waals surface area contributed by atoms with Crippen molar-refractivity contribution in [2.75, 3.05) is 0 Å². The molecule has 0 aromatic heterocycles. The molecule has 9 heteroatoms. The molecule has 0 spiro atoms. The third-order valence-electron chi connectivity index (χ3n) is 5.25. The zero-order chi connectivity index (χ0) is 20.0. The van der Waals surface area contributed by atoms with E-state index >= 15 is 0 Å².